The molecule has 0 saturated carbocycles. The summed E-state index contributed by atoms with van der Waals surface area (Å²) in [6.07, 6.45) is 1.31. The zero-order valence-electron chi connectivity index (χ0n) is 11.1. The number of nitriles is 1. The molecule has 0 unspecified atom stereocenters. The van der Waals surface area contributed by atoms with E-state index in [-0.39, 0.29) is 23.6 Å². The molecule has 0 aliphatic heterocycles. The number of nitrogens with zero attached hydrogens (tertiary/aromatic N) is 1. The molecule has 0 fully saturated rings. The Kier molecular flexibility index (Phi) is 6.78. The zero-order valence-corrected chi connectivity index (χ0v) is 11.9. The minimum absolute atomic E-state index is 0.0535. The summed E-state index contributed by atoms with van der Waals surface area (Å²) in [5.74, 6) is -1.21. The number of carboxylic acids is 1. The number of hydrogen-bond acceptors (Lipinski definition) is 4. The van der Waals surface area contributed by atoms with Gasteiger partial charge in [-0.2, -0.15) is 5.26 Å². The average molecular weight is 308 g/mol. The van der Waals surface area contributed by atoms with Crippen LogP contribution < -0.4 is 10.6 Å². The van der Waals surface area contributed by atoms with Crippen molar-refractivity contribution in [3.63, 3.8) is 0 Å². The maximum atomic E-state index is 11.5. The van der Waals surface area contributed by atoms with Crippen LogP contribution in [0.2, 0.25) is 0 Å². The molecule has 0 aliphatic rings. The molecule has 6 nitrogen and oxygen atoms in total. The fraction of sp³-hybridized carbons (Fsp3) is 0.214. The summed E-state index contributed by atoms with van der Waals surface area (Å²) in [7, 11) is 0. The van der Waals surface area contributed by atoms with Crippen molar-refractivity contribution < 1.29 is 14.7 Å². The molecule has 1 aromatic carbocycles. The summed E-state index contributed by atoms with van der Waals surface area (Å²) in [5.41, 5.74) is 0.976. The third-order valence-corrected chi connectivity index (χ3v) is 2.69. The second-order valence-electron chi connectivity index (χ2n) is 4.00. The van der Waals surface area contributed by atoms with Gasteiger partial charge >= 0.3 is 5.97 Å². The van der Waals surface area contributed by atoms with Crippen LogP contribution in [0.3, 0.4) is 0 Å². The number of hydrogen-bond donors (Lipinski definition) is 3. The number of nitrogens with one attached hydrogen (secondary N) is 2. The van der Waals surface area contributed by atoms with Gasteiger partial charge in [-0.25, -0.2) is 4.79 Å². The van der Waals surface area contributed by atoms with Crippen molar-refractivity contribution in [1.29, 1.82) is 5.26 Å². The van der Waals surface area contributed by atoms with Gasteiger partial charge in [0.2, 0.25) is 0 Å². The van der Waals surface area contributed by atoms with E-state index >= 15 is 0 Å². The van der Waals surface area contributed by atoms with E-state index in [1.165, 1.54) is 18.3 Å². The summed E-state index contributed by atoms with van der Waals surface area (Å²) < 4.78 is 0. The van der Waals surface area contributed by atoms with Crippen LogP contribution in [0, 0.1) is 11.3 Å². The Morgan fingerprint density at radius 2 is 2.00 bits per heavy atom. The van der Waals surface area contributed by atoms with E-state index < -0.39 is 11.9 Å². The Labute approximate surface area is 127 Å². The molecule has 0 aliphatic carbocycles. The summed E-state index contributed by atoms with van der Waals surface area (Å²) in [6.45, 7) is 0.657. The van der Waals surface area contributed by atoms with E-state index in [0.717, 1.165) is 5.56 Å². The van der Waals surface area contributed by atoms with Crippen molar-refractivity contribution in [1.82, 2.24) is 10.6 Å². The lowest BCUT2D eigenvalue weighted by molar-refractivity contribution is -0.117. The van der Waals surface area contributed by atoms with Crippen LogP contribution in [-0.4, -0.2) is 29.4 Å². The summed E-state index contributed by atoms with van der Waals surface area (Å²) in [5, 5.41) is 23.0. The van der Waals surface area contributed by atoms with Crippen molar-refractivity contribution >= 4 is 23.5 Å². The smallest absolute Gasteiger partial charge is 0.335 e. The van der Waals surface area contributed by atoms with E-state index in [0.29, 0.717) is 6.54 Å². The van der Waals surface area contributed by atoms with Crippen molar-refractivity contribution in [2.24, 2.45) is 0 Å². The molecule has 0 atom stereocenters. The summed E-state index contributed by atoms with van der Waals surface area (Å²) in [4.78, 5) is 22.2. The van der Waals surface area contributed by atoms with Gasteiger partial charge in [0.15, 0.2) is 0 Å². The van der Waals surface area contributed by atoms with Crippen molar-refractivity contribution in [3.8, 4) is 6.07 Å². The van der Waals surface area contributed by atoms with Gasteiger partial charge in [-0.1, -0.05) is 12.1 Å². The molecule has 1 amide bonds. The molecule has 0 aromatic heterocycles. The number of carboxylic acid groups (broad SMARTS) is 1. The van der Waals surface area contributed by atoms with Gasteiger partial charge < -0.3 is 15.7 Å². The molecule has 3 N–H and O–H groups in total. The molecule has 0 heterocycles. The fourth-order valence-corrected chi connectivity index (χ4v) is 1.54. The molecule has 0 bridgehead atoms. The Hall–Kier alpha value is -2.52. The topological polar surface area (TPSA) is 102 Å². The molecular weight excluding hydrogens is 294 g/mol. The Morgan fingerprint density at radius 3 is 2.52 bits per heavy atom. The zero-order chi connectivity index (χ0) is 15.7. The third-order valence-electron chi connectivity index (χ3n) is 2.50. The first kappa shape index (κ1) is 16.5. The average Bonchev–Trinajstić information content (AvgIpc) is 2.49. The number of carbonyl (C=O) groups is 2. The molecular formula is C14H14ClN3O3. The minimum atomic E-state index is -0.989. The molecule has 0 saturated heterocycles. The van der Waals surface area contributed by atoms with E-state index in [4.69, 9.17) is 22.0 Å². The van der Waals surface area contributed by atoms with Crippen LogP contribution in [0.15, 0.2) is 36.0 Å². The lowest BCUT2D eigenvalue weighted by Crippen LogP contribution is -2.27. The second-order valence-corrected chi connectivity index (χ2v) is 4.38. The number of rotatable bonds is 7. The number of carbonyl (C=O) groups excluding carboxylic acids is 1. The number of amides is 1. The first-order valence-electron chi connectivity index (χ1n) is 6.08. The largest absolute Gasteiger partial charge is 0.478 e. The monoisotopic (exact) mass is 307 g/mol. The van der Waals surface area contributed by atoms with Gasteiger partial charge in [-0.05, 0) is 17.7 Å². The highest BCUT2D eigenvalue weighted by atomic mass is 35.5. The standard InChI is InChI=1S/C14H14ClN3O3/c15-5-6-18-13(19)12(7-16)9-17-8-10-1-3-11(4-2-10)14(20)21/h1-4,9,17H,5-6,8H2,(H,18,19)(H,20,21)/b12-9-. The quantitative estimate of drug-likeness (QED) is 0.399. The number of benzene rings is 1. The van der Waals surface area contributed by atoms with Gasteiger partial charge in [-0.3, -0.25) is 4.79 Å². The Balaban J connectivity index is 2.57. The van der Waals surface area contributed by atoms with Crippen LogP contribution in [0.5, 0.6) is 0 Å². The van der Waals surface area contributed by atoms with E-state index in [1.807, 2.05) is 0 Å². The summed E-state index contributed by atoms with van der Waals surface area (Å²) >= 11 is 5.44. The third kappa shape index (κ3) is 5.55. The lowest BCUT2D eigenvalue weighted by atomic mass is 10.1. The number of halogens is 1. The van der Waals surface area contributed by atoms with E-state index in [1.54, 1.807) is 18.2 Å². The van der Waals surface area contributed by atoms with Crippen LogP contribution in [0.25, 0.3) is 0 Å². The molecule has 0 radical (unpaired) electrons. The molecule has 0 spiro atoms. The van der Waals surface area contributed by atoms with E-state index in [9.17, 15) is 9.59 Å². The fourth-order valence-electron chi connectivity index (χ4n) is 1.44. The highest BCUT2D eigenvalue weighted by Gasteiger charge is 2.07. The molecule has 1 rings (SSSR count). The maximum Gasteiger partial charge on any atom is 0.335 e. The summed E-state index contributed by atoms with van der Waals surface area (Å²) in [6, 6.07) is 8.08. The molecule has 110 valence electrons. The molecule has 7 heteroatoms. The van der Waals surface area contributed by atoms with Crippen molar-refractivity contribution in [2.45, 2.75) is 6.54 Å². The Morgan fingerprint density at radius 1 is 1.33 bits per heavy atom. The normalized spacial score (nSPS) is 10.6. The van der Waals surface area contributed by atoms with Crippen LogP contribution >= 0.6 is 11.6 Å². The highest BCUT2D eigenvalue weighted by Crippen LogP contribution is 2.04. The predicted octanol–water partition coefficient (Wildman–Crippen LogP) is 1.24. The van der Waals surface area contributed by atoms with Gasteiger partial charge in [0.1, 0.15) is 11.6 Å². The van der Waals surface area contributed by atoms with Gasteiger partial charge in [0.05, 0.1) is 5.56 Å². The minimum Gasteiger partial charge on any atom is -0.478 e. The first-order chi connectivity index (χ1) is 10.1. The van der Waals surface area contributed by atoms with Gasteiger partial charge in [0, 0.05) is 25.2 Å². The van der Waals surface area contributed by atoms with Crippen molar-refractivity contribution in [3.05, 3.63) is 47.2 Å². The van der Waals surface area contributed by atoms with Crippen LogP contribution in [0.4, 0.5) is 0 Å². The van der Waals surface area contributed by atoms with Crippen LogP contribution in [0.1, 0.15) is 15.9 Å². The van der Waals surface area contributed by atoms with Crippen molar-refractivity contribution in [2.75, 3.05) is 12.4 Å². The SMILES string of the molecule is N#C/C(=C/NCc1ccc(C(=O)O)cc1)C(=O)NCCCl. The van der Waals surface area contributed by atoms with Crippen LogP contribution in [-0.2, 0) is 11.3 Å². The number of alkyl halides is 1. The predicted molar refractivity (Wildman–Crippen MR) is 77.7 cm³/mol. The van der Waals surface area contributed by atoms with Gasteiger partial charge in [-0.15, -0.1) is 11.6 Å². The Bertz CT molecular complexity index is 576. The lowest BCUT2D eigenvalue weighted by Gasteiger charge is -2.04. The number of aromatic carboxylic acids is 1. The first-order valence-corrected chi connectivity index (χ1v) is 6.62. The molecule has 1 aromatic rings. The second kappa shape index (κ2) is 8.61. The van der Waals surface area contributed by atoms with Gasteiger partial charge in [0.25, 0.3) is 5.91 Å². The van der Waals surface area contributed by atoms with E-state index in [2.05, 4.69) is 10.6 Å². The highest BCUT2D eigenvalue weighted by molar-refractivity contribution is 6.18. The maximum absolute atomic E-state index is 11.5. The molecule has 21 heavy (non-hydrogen) atoms.